The summed E-state index contributed by atoms with van der Waals surface area (Å²) in [6, 6.07) is 14.2. The van der Waals surface area contributed by atoms with Crippen LogP contribution >= 0.6 is 0 Å². The van der Waals surface area contributed by atoms with Gasteiger partial charge in [-0.1, -0.05) is 0 Å². The van der Waals surface area contributed by atoms with Crippen LogP contribution in [0.3, 0.4) is 0 Å². The van der Waals surface area contributed by atoms with Gasteiger partial charge in [-0.15, -0.1) is 0 Å². The molecule has 0 radical (unpaired) electrons. The van der Waals surface area contributed by atoms with Crippen molar-refractivity contribution in [3.8, 4) is 23.0 Å². The van der Waals surface area contributed by atoms with Gasteiger partial charge < -0.3 is 23.4 Å². The van der Waals surface area contributed by atoms with Crippen LogP contribution in [-0.4, -0.2) is 26.2 Å². The number of methoxy groups -OCH3 is 2. The fourth-order valence-electron chi connectivity index (χ4n) is 2.16. The van der Waals surface area contributed by atoms with E-state index in [1.165, 1.54) is 13.2 Å². The maximum Gasteiger partial charge on any atom is 0.379 e. The minimum Gasteiger partial charge on any atom is -0.497 e. The summed E-state index contributed by atoms with van der Waals surface area (Å²) in [6.07, 6.45) is 1.14. The van der Waals surface area contributed by atoms with Crippen LogP contribution in [0.1, 0.15) is 20.9 Å². The molecule has 1 aromatic heterocycles. The van der Waals surface area contributed by atoms with E-state index in [9.17, 15) is 9.59 Å². The molecule has 0 amide bonds. The van der Waals surface area contributed by atoms with Gasteiger partial charge in [-0.3, -0.25) is 0 Å². The zero-order valence-electron chi connectivity index (χ0n) is 14.6. The third kappa shape index (κ3) is 4.46. The molecule has 0 saturated carbocycles. The van der Waals surface area contributed by atoms with E-state index in [0.29, 0.717) is 23.0 Å². The van der Waals surface area contributed by atoms with E-state index in [4.69, 9.17) is 23.4 Å². The molecule has 138 valence electrons. The Balaban J connectivity index is 1.63. The van der Waals surface area contributed by atoms with Crippen LogP contribution in [0.15, 0.2) is 65.3 Å². The van der Waals surface area contributed by atoms with Gasteiger partial charge in [0.05, 0.1) is 19.8 Å². The van der Waals surface area contributed by atoms with Crippen LogP contribution in [0.25, 0.3) is 0 Å². The van der Waals surface area contributed by atoms with E-state index in [0.717, 1.165) is 6.26 Å². The number of ether oxygens (including phenoxy) is 4. The number of carbonyl (C=O) groups excluding carboxylic acids is 2. The smallest absolute Gasteiger partial charge is 0.379 e. The van der Waals surface area contributed by atoms with Crippen molar-refractivity contribution in [3.05, 3.63) is 72.2 Å². The second-order valence-corrected chi connectivity index (χ2v) is 5.33. The normalized spacial score (nSPS) is 10.1. The maximum absolute atomic E-state index is 12.2. The van der Waals surface area contributed by atoms with Gasteiger partial charge in [0, 0.05) is 6.07 Å². The lowest BCUT2D eigenvalue weighted by molar-refractivity contribution is 0.0699. The summed E-state index contributed by atoms with van der Waals surface area (Å²) in [5.41, 5.74) is 0.0903. The number of hydrogen-bond acceptors (Lipinski definition) is 7. The quantitative estimate of drug-likeness (QED) is 0.484. The fraction of sp³-hybridized carbons (Fsp3) is 0.100. The Morgan fingerprint density at radius 3 is 1.63 bits per heavy atom. The molecule has 27 heavy (non-hydrogen) atoms. The Bertz CT molecular complexity index is 848. The molecule has 0 aliphatic rings. The summed E-state index contributed by atoms with van der Waals surface area (Å²) >= 11 is 0. The van der Waals surface area contributed by atoms with Crippen molar-refractivity contribution in [1.29, 1.82) is 0 Å². The van der Waals surface area contributed by atoms with Gasteiger partial charge in [-0.2, -0.15) is 0 Å². The lowest BCUT2D eigenvalue weighted by Crippen LogP contribution is -2.09. The Kier molecular flexibility index (Phi) is 5.41. The first kappa shape index (κ1) is 18.1. The van der Waals surface area contributed by atoms with Crippen molar-refractivity contribution in [3.63, 3.8) is 0 Å². The molecule has 7 heteroatoms. The van der Waals surface area contributed by atoms with E-state index >= 15 is 0 Å². The van der Waals surface area contributed by atoms with Gasteiger partial charge in [0.1, 0.15) is 29.3 Å². The predicted molar refractivity (Wildman–Crippen MR) is 94.6 cm³/mol. The van der Waals surface area contributed by atoms with Crippen LogP contribution in [0.5, 0.6) is 23.0 Å². The van der Waals surface area contributed by atoms with Crippen molar-refractivity contribution in [2.24, 2.45) is 0 Å². The highest BCUT2D eigenvalue weighted by molar-refractivity contribution is 5.95. The molecule has 0 unspecified atom stereocenters. The Morgan fingerprint density at radius 2 is 1.15 bits per heavy atom. The average Bonchev–Trinajstić information content (AvgIpc) is 3.20. The molecule has 0 spiro atoms. The highest BCUT2D eigenvalue weighted by atomic mass is 16.6. The van der Waals surface area contributed by atoms with E-state index in [-0.39, 0.29) is 11.3 Å². The van der Waals surface area contributed by atoms with E-state index < -0.39 is 11.9 Å². The number of carbonyl (C=O) groups is 2. The Labute approximate surface area is 155 Å². The van der Waals surface area contributed by atoms with Crippen LogP contribution in [0.2, 0.25) is 0 Å². The van der Waals surface area contributed by atoms with Gasteiger partial charge in [-0.05, 0) is 48.5 Å². The molecule has 0 N–H and O–H groups in total. The lowest BCUT2D eigenvalue weighted by Gasteiger charge is -2.04. The SMILES string of the molecule is COc1ccc(OC(=O)c2coc(C(=O)Oc3ccc(OC)cc3)c2)cc1. The van der Waals surface area contributed by atoms with E-state index in [1.54, 1.807) is 55.6 Å². The molecular weight excluding hydrogens is 352 g/mol. The molecule has 0 aliphatic carbocycles. The molecule has 0 saturated heterocycles. The third-order valence-corrected chi connectivity index (χ3v) is 3.58. The first-order chi connectivity index (χ1) is 13.1. The summed E-state index contributed by atoms with van der Waals surface area (Å²) in [6.45, 7) is 0. The summed E-state index contributed by atoms with van der Waals surface area (Å²) in [4.78, 5) is 24.3. The largest absolute Gasteiger partial charge is 0.497 e. The van der Waals surface area contributed by atoms with E-state index in [1.807, 2.05) is 0 Å². The average molecular weight is 368 g/mol. The van der Waals surface area contributed by atoms with Crippen molar-refractivity contribution in [2.75, 3.05) is 14.2 Å². The third-order valence-electron chi connectivity index (χ3n) is 3.58. The lowest BCUT2D eigenvalue weighted by atomic mass is 10.3. The molecule has 0 atom stereocenters. The van der Waals surface area contributed by atoms with E-state index in [2.05, 4.69) is 0 Å². The molecule has 3 aromatic rings. The van der Waals surface area contributed by atoms with Gasteiger partial charge >= 0.3 is 11.9 Å². The second kappa shape index (κ2) is 8.09. The fourth-order valence-corrected chi connectivity index (χ4v) is 2.16. The predicted octanol–water partition coefficient (Wildman–Crippen LogP) is 3.74. The molecule has 3 rings (SSSR count). The molecule has 7 nitrogen and oxygen atoms in total. The Morgan fingerprint density at radius 1 is 0.704 bits per heavy atom. The molecule has 0 fully saturated rings. The van der Waals surface area contributed by atoms with Crippen molar-refractivity contribution < 1.29 is 33.0 Å². The van der Waals surface area contributed by atoms with Gasteiger partial charge in [0.2, 0.25) is 5.76 Å². The number of rotatable bonds is 6. The highest BCUT2D eigenvalue weighted by Gasteiger charge is 2.18. The standard InChI is InChI=1S/C20H16O7/c1-23-14-3-7-16(8-4-14)26-19(21)13-11-18(25-12-13)20(22)27-17-9-5-15(24-2)6-10-17/h3-12H,1-2H3. The summed E-state index contributed by atoms with van der Waals surface area (Å²) in [5.74, 6) is 0.422. The van der Waals surface area contributed by atoms with Gasteiger partial charge in [0.25, 0.3) is 0 Å². The van der Waals surface area contributed by atoms with Crippen molar-refractivity contribution in [1.82, 2.24) is 0 Å². The maximum atomic E-state index is 12.2. The number of esters is 2. The topological polar surface area (TPSA) is 84.2 Å². The Hall–Kier alpha value is -3.74. The van der Waals surface area contributed by atoms with Gasteiger partial charge in [0.15, 0.2) is 0 Å². The van der Waals surface area contributed by atoms with Crippen molar-refractivity contribution >= 4 is 11.9 Å². The van der Waals surface area contributed by atoms with Crippen LogP contribution < -0.4 is 18.9 Å². The first-order valence-electron chi connectivity index (χ1n) is 7.90. The minimum atomic E-state index is -0.733. The number of benzene rings is 2. The summed E-state index contributed by atoms with van der Waals surface area (Å²) in [5, 5.41) is 0. The highest BCUT2D eigenvalue weighted by Crippen LogP contribution is 2.21. The zero-order chi connectivity index (χ0) is 19.2. The molecule has 0 aliphatic heterocycles. The first-order valence-corrected chi connectivity index (χ1v) is 7.90. The molecular formula is C20H16O7. The minimum absolute atomic E-state index is 0.0903. The van der Waals surface area contributed by atoms with Crippen LogP contribution in [0, 0.1) is 0 Å². The van der Waals surface area contributed by atoms with Gasteiger partial charge in [-0.25, -0.2) is 9.59 Å². The van der Waals surface area contributed by atoms with Crippen molar-refractivity contribution in [2.45, 2.75) is 0 Å². The van der Waals surface area contributed by atoms with Crippen LogP contribution in [-0.2, 0) is 0 Å². The van der Waals surface area contributed by atoms with Crippen LogP contribution in [0.4, 0.5) is 0 Å². The summed E-state index contributed by atoms with van der Waals surface area (Å²) in [7, 11) is 3.08. The monoisotopic (exact) mass is 368 g/mol. The zero-order valence-corrected chi connectivity index (χ0v) is 14.6. The second-order valence-electron chi connectivity index (χ2n) is 5.33. The number of furan rings is 1. The molecule has 1 heterocycles. The molecule has 0 bridgehead atoms. The molecule has 2 aromatic carbocycles. The summed E-state index contributed by atoms with van der Waals surface area (Å²) < 4.78 is 25.6. The number of hydrogen-bond donors (Lipinski definition) is 0.